The fourth-order valence-electron chi connectivity index (χ4n) is 3.81. The molecule has 1 saturated carbocycles. The Balaban J connectivity index is 1.77. The van der Waals surface area contributed by atoms with Crippen molar-refractivity contribution in [3.05, 3.63) is 23.5 Å². The van der Waals surface area contributed by atoms with E-state index in [-0.39, 0.29) is 0 Å². The molecule has 3 rings (SSSR count). The minimum Gasteiger partial charge on any atom is -0.353 e. The Kier molecular flexibility index (Phi) is 3.74. The van der Waals surface area contributed by atoms with E-state index in [1.54, 1.807) is 11.1 Å². The average Bonchev–Trinajstić information content (AvgIpc) is 2.97. The van der Waals surface area contributed by atoms with Gasteiger partial charge in [0.15, 0.2) is 0 Å². The molecular weight excluding hydrogens is 220 g/mol. The number of fused-ring (bicyclic) bond motifs is 1. The van der Waals surface area contributed by atoms with E-state index < -0.39 is 0 Å². The normalized spacial score (nSPS) is 25.1. The maximum Gasteiger partial charge on any atom is 0.0335 e. The second-order valence-corrected chi connectivity index (χ2v) is 6.17. The molecule has 1 fully saturated rings. The molecule has 2 heteroatoms. The molecule has 2 aliphatic rings. The van der Waals surface area contributed by atoms with Gasteiger partial charge in [-0.05, 0) is 56.2 Å². The molecule has 0 aliphatic heterocycles. The van der Waals surface area contributed by atoms with Gasteiger partial charge < -0.3 is 9.88 Å². The number of aromatic nitrogens is 1. The van der Waals surface area contributed by atoms with Crippen molar-refractivity contribution in [2.45, 2.75) is 64.0 Å². The minimum atomic E-state index is 0.590. The van der Waals surface area contributed by atoms with Gasteiger partial charge in [-0.3, -0.25) is 0 Å². The van der Waals surface area contributed by atoms with Crippen LogP contribution in [0.25, 0.3) is 0 Å². The van der Waals surface area contributed by atoms with Crippen molar-refractivity contribution >= 4 is 0 Å². The van der Waals surface area contributed by atoms with E-state index in [4.69, 9.17) is 0 Å². The van der Waals surface area contributed by atoms with Crippen LogP contribution in [0.2, 0.25) is 0 Å². The van der Waals surface area contributed by atoms with E-state index in [9.17, 15) is 0 Å². The third-order valence-corrected chi connectivity index (χ3v) is 4.85. The number of hydrogen-bond acceptors (Lipinski definition) is 1. The molecule has 1 aromatic rings. The maximum atomic E-state index is 3.49. The van der Waals surface area contributed by atoms with Gasteiger partial charge in [0.1, 0.15) is 0 Å². The molecule has 0 aromatic carbocycles. The highest BCUT2D eigenvalue weighted by Gasteiger charge is 2.21. The van der Waals surface area contributed by atoms with Crippen molar-refractivity contribution in [2.24, 2.45) is 5.92 Å². The summed E-state index contributed by atoms with van der Waals surface area (Å²) in [5.41, 5.74) is 3.18. The molecule has 2 aliphatic carbocycles. The second-order valence-electron chi connectivity index (χ2n) is 6.17. The molecule has 0 spiro atoms. The van der Waals surface area contributed by atoms with E-state index in [0.717, 1.165) is 5.92 Å². The van der Waals surface area contributed by atoms with Gasteiger partial charge >= 0.3 is 0 Å². The van der Waals surface area contributed by atoms with Crippen LogP contribution < -0.4 is 5.32 Å². The molecule has 1 unspecified atom stereocenters. The minimum absolute atomic E-state index is 0.590. The predicted molar refractivity (Wildman–Crippen MR) is 75.7 cm³/mol. The third-order valence-electron chi connectivity index (χ3n) is 4.85. The lowest BCUT2D eigenvalue weighted by atomic mass is 10.1. The Labute approximate surface area is 111 Å². The van der Waals surface area contributed by atoms with Crippen LogP contribution in [0.4, 0.5) is 0 Å². The lowest BCUT2D eigenvalue weighted by molar-refractivity contribution is 0.455. The first kappa shape index (κ1) is 12.3. The zero-order chi connectivity index (χ0) is 12.4. The largest absolute Gasteiger partial charge is 0.353 e. The van der Waals surface area contributed by atoms with Gasteiger partial charge in [-0.25, -0.2) is 0 Å². The van der Waals surface area contributed by atoms with Crippen LogP contribution in [0.1, 0.15) is 62.1 Å². The highest BCUT2D eigenvalue weighted by atomic mass is 15.0. The lowest BCUT2D eigenvalue weighted by Crippen LogP contribution is -2.15. The van der Waals surface area contributed by atoms with Crippen LogP contribution in [0, 0.1) is 5.92 Å². The lowest BCUT2D eigenvalue weighted by Gasteiger charge is -2.14. The zero-order valence-corrected chi connectivity index (χ0v) is 11.6. The monoisotopic (exact) mass is 246 g/mol. The van der Waals surface area contributed by atoms with Crippen molar-refractivity contribution in [1.82, 2.24) is 9.88 Å². The number of nitrogens with zero attached hydrogens (tertiary/aromatic N) is 1. The molecule has 1 N–H and O–H groups in total. The smallest absolute Gasteiger partial charge is 0.0335 e. The predicted octanol–water partition coefficient (Wildman–Crippen LogP) is 3.67. The van der Waals surface area contributed by atoms with Gasteiger partial charge in [-0.2, -0.15) is 0 Å². The van der Waals surface area contributed by atoms with Crippen molar-refractivity contribution in [3.63, 3.8) is 0 Å². The summed E-state index contributed by atoms with van der Waals surface area (Å²) >= 11 is 0. The Morgan fingerprint density at radius 1 is 1.11 bits per heavy atom. The van der Waals surface area contributed by atoms with Gasteiger partial charge in [0.25, 0.3) is 0 Å². The third kappa shape index (κ3) is 2.49. The second kappa shape index (κ2) is 5.48. The van der Waals surface area contributed by atoms with Crippen molar-refractivity contribution in [3.8, 4) is 0 Å². The van der Waals surface area contributed by atoms with Crippen LogP contribution >= 0.6 is 0 Å². The van der Waals surface area contributed by atoms with Crippen LogP contribution in [0.15, 0.2) is 12.4 Å². The summed E-state index contributed by atoms with van der Waals surface area (Å²) in [6.07, 6.45) is 16.0. The molecule has 0 saturated heterocycles. The number of hydrogen-bond donors (Lipinski definition) is 1. The topological polar surface area (TPSA) is 17.0 Å². The summed E-state index contributed by atoms with van der Waals surface area (Å²) in [5.74, 6) is 0.939. The molecule has 18 heavy (non-hydrogen) atoms. The first-order chi connectivity index (χ1) is 8.86. The molecule has 0 amide bonds. The van der Waals surface area contributed by atoms with Crippen LogP contribution in [0.5, 0.6) is 0 Å². The first-order valence-corrected chi connectivity index (χ1v) is 7.72. The van der Waals surface area contributed by atoms with Gasteiger partial charge in [0.05, 0.1) is 0 Å². The standard InChI is InChI=1S/C16H26N2/c1-17-16-9-5-4-8-14-11-18(12-15(14)16)10-13-6-2-3-7-13/h11-13,16-17H,2-10H2,1H3. The van der Waals surface area contributed by atoms with Gasteiger partial charge in [-0.15, -0.1) is 0 Å². The van der Waals surface area contributed by atoms with Gasteiger partial charge in [0.2, 0.25) is 0 Å². The molecule has 1 heterocycles. The number of rotatable bonds is 3. The Bertz CT molecular complexity index is 388. The van der Waals surface area contributed by atoms with E-state index in [2.05, 4.69) is 29.3 Å². The highest BCUT2D eigenvalue weighted by Crippen LogP contribution is 2.31. The fraction of sp³-hybridized carbons (Fsp3) is 0.750. The quantitative estimate of drug-likeness (QED) is 0.805. The SMILES string of the molecule is CNC1CCCCc2cn(CC3CCCC3)cc21. The summed E-state index contributed by atoms with van der Waals surface area (Å²) in [7, 11) is 2.11. The molecular formula is C16H26N2. The summed E-state index contributed by atoms with van der Waals surface area (Å²) < 4.78 is 2.48. The van der Waals surface area contributed by atoms with E-state index in [1.165, 1.54) is 57.9 Å². The molecule has 100 valence electrons. The van der Waals surface area contributed by atoms with Crippen molar-refractivity contribution in [1.29, 1.82) is 0 Å². The van der Waals surface area contributed by atoms with E-state index in [1.807, 2.05) is 0 Å². The van der Waals surface area contributed by atoms with Gasteiger partial charge in [-0.1, -0.05) is 19.3 Å². The Morgan fingerprint density at radius 3 is 2.67 bits per heavy atom. The first-order valence-electron chi connectivity index (χ1n) is 7.72. The van der Waals surface area contributed by atoms with Crippen LogP contribution in [0.3, 0.4) is 0 Å². The van der Waals surface area contributed by atoms with E-state index >= 15 is 0 Å². The van der Waals surface area contributed by atoms with Gasteiger partial charge in [0, 0.05) is 25.0 Å². The summed E-state index contributed by atoms with van der Waals surface area (Å²) in [5, 5.41) is 3.49. The van der Waals surface area contributed by atoms with Crippen molar-refractivity contribution in [2.75, 3.05) is 7.05 Å². The number of nitrogens with one attached hydrogen (secondary N) is 1. The molecule has 1 atom stereocenters. The molecule has 0 bridgehead atoms. The maximum absolute atomic E-state index is 3.49. The number of aryl methyl sites for hydroxylation is 1. The van der Waals surface area contributed by atoms with Crippen LogP contribution in [-0.4, -0.2) is 11.6 Å². The van der Waals surface area contributed by atoms with Crippen molar-refractivity contribution < 1.29 is 0 Å². The molecule has 0 radical (unpaired) electrons. The Hall–Kier alpha value is -0.760. The Morgan fingerprint density at radius 2 is 1.89 bits per heavy atom. The average molecular weight is 246 g/mol. The zero-order valence-electron chi connectivity index (χ0n) is 11.6. The molecule has 1 aromatic heterocycles. The highest BCUT2D eigenvalue weighted by molar-refractivity contribution is 5.29. The van der Waals surface area contributed by atoms with Crippen LogP contribution in [-0.2, 0) is 13.0 Å². The fourth-order valence-corrected chi connectivity index (χ4v) is 3.81. The van der Waals surface area contributed by atoms with E-state index in [0.29, 0.717) is 6.04 Å². The summed E-state index contributed by atoms with van der Waals surface area (Å²) in [6, 6.07) is 0.590. The summed E-state index contributed by atoms with van der Waals surface area (Å²) in [6.45, 7) is 1.25. The summed E-state index contributed by atoms with van der Waals surface area (Å²) in [4.78, 5) is 0. The molecule has 2 nitrogen and oxygen atoms in total.